The van der Waals surface area contributed by atoms with E-state index in [1.54, 1.807) is 0 Å². The molecule has 76 valence electrons. The van der Waals surface area contributed by atoms with E-state index < -0.39 is 0 Å². The van der Waals surface area contributed by atoms with Crippen LogP contribution < -0.4 is 0 Å². The highest BCUT2D eigenvalue weighted by Crippen LogP contribution is 2.07. The van der Waals surface area contributed by atoms with E-state index in [2.05, 4.69) is 51.1 Å². The predicted molar refractivity (Wildman–Crippen MR) is 76.3 cm³/mol. The van der Waals surface area contributed by atoms with E-state index in [9.17, 15) is 0 Å². The molecule has 0 fully saturated rings. The van der Waals surface area contributed by atoms with Gasteiger partial charge in [0, 0.05) is 37.2 Å². The fourth-order valence-electron chi connectivity index (χ4n) is 1.21. The number of unbranched alkanes of at least 4 members (excludes halogenated alkanes) is 7. The van der Waals surface area contributed by atoms with Crippen LogP contribution in [-0.4, -0.2) is 0 Å². The van der Waals surface area contributed by atoms with E-state index in [1.165, 1.54) is 51.4 Å². The topological polar surface area (TPSA) is 0 Å². The molecule has 0 nitrogen and oxygen atoms in total. The minimum Gasteiger partial charge on any atom is -0.0654 e. The van der Waals surface area contributed by atoms with E-state index in [-0.39, 0.29) is 0 Å². The van der Waals surface area contributed by atoms with Gasteiger partial charge in [-0.05, 0) is 0 Å². The maximum absolute atomic E-state index is 2.27. The van der Waals surface area contributed by atoms with Gasteiger partial charge >= 0.3 is 0 Å². The fraction of sp³-hybridized carbons (Fsp3) is 1.00. The second-order valence-corrected chi connectivity index (χ2v) is 3.12. The standard InChI is InChI=1S/C10H22.I2/c1-3-5-7-9-10-8-6-4-2;1-2/h3-10H2,1-2H3;. The Morgan fingerprint density at radius 3 is 1.08 bits per heavy atom. The largest absolute Gasteiger partial charge is 0.0654 e. The van der Waals surface area contributed by atoms with Crippen LogP contribution in [0.5, 0.6) is 0 Å². The first-order chi connectivity index (χ1) is 5.91. The molecule has 0 heterocycles. The Hall–Kier alpha value is 1.46. The van der Waals surface area contributed by atoms with Crippen LogP contribution in [-0.2, 0) is 0 Å². The summed E-state index contributed by atoms with van der Waals surface area (Å²) in [5, 5.41) is 0. The van der Waals surface area contributed by atoms with Crippen molar-refractivity contribution >= 4 is 37.2 Å². The molecule has 0 radical (unpaired) electrons. The normalized spacial score (nSPS) is 9.00. The van der Waals surface area contributed by atoms with Crippen LogP contribution in [0.25, 0.3) is 0 Å². The lowest BCUT2D eigenvalue weighted by atomic mass is 10.1. The molecule has 0 aliphatic rings. The van der Waals surface area contributed by atoms with Gasteiger partial charge in [-0.15, -0.1) is 0 Å². The van der Waals surface area contributed by atoms with E-state index in [0.717, 1.165) is 0 Å². The SMILES string of the molecule is CCCCCCCCCC.II. The summed E-state index contributed by atoms with van der Waals surface area (Å²) in [6.45, 7) is 4.54. The molecule has 2 heteroatoms. The second kappa shape index (κ2) is 18.3. The number of hydrogen-bond acceptors (Lipinski definition) is 0. The van der Waals surface area contributed by atoms with Gasteiger partial charge in [0.2, 0.25) is 0 Å². The van der Waals surface area contributed by atoms with Crippen LogP contribution in [0.4, 0.5) is 0 Å². The second-order valence-electron chi connectivity index (χ2n) is 3.12. The molecule has 0 aromatic heterocycles. The van der Waals surface area contributed by atoms with Crippen LogP contribution >= 0.6 is 37.2 Å². The van der Waals surface area contributed by atoms with Crippen molar-refractivity contribution in [2.45, 2.75) is 65.2 Å². The molecule has 0 aliphatic carbocycles. The quantitative estimate of drug-likeness (QED) is 0.370. The monoisotopic (exact) mass is 396 g/mol. The lowest BCUT2D eigenvalue weighted by molar-refractivity contribution is 0.585. The molecule has 0 unspecified atom stereocenters. The Morgan fingerprint density at radius 1 is 0.583 bits per heavy atom. The Labute approximate surface area is 102 Å². The molecular formula is C10H22I2. The van der Waals surface area contributed by atoms with Crippen molar-refractivity contribution in [3.8, 4) is 0 Å². The highest BCUT2D eigenvalue weighted by molar-refractivity contribution is 15.0. The van der Waals surface area contributed by atoms with Crippen molar-refractivity contribution in [2.75, 3.05) is 0 Å². The smallest absolute Gasteiger partial charge is 0 e. The van der Waals surface area contributed by atoms with E-state index in [0.29, 0.717) is 0 Å². The van der Waals surface area contributed by atoms with Crippen LogP contribution in [0.2, 0.25) is 0 Å². The Balaban J connectivity index is 0. The number of hydrogen-bond donors (Lipinski definition) is 0. The average molecular weight is 396 g/mol. The third-order valence-corrected chi connectivity index (χ3v) is 1.96. The summed E-state index contributed by atoms with van der Waals surface area (Å²) in [6.07, 6.45) is 11.5. The van der Waals surface area contributed by atoms with E-state index >= 15 is 0 Å². The summed E-state index contributed by atoms with van der Waals surface area (Å²) in [7, 11) is 0. The van der Waals surface area contributed by atoms with Gasteiger partial charge in [0.05, 0.1) is 0 Å². The van der Waals surface area contributed by atoms with Gasteiger partial charge in [0.25, 0.3) is 0 Å². The molecule has 0 amide bonds. The van der Waals surface area contributed by atoms with Crippen LogP contribution in [0.1, 0.15) is 65.2 Å². The fourth-order valence-corrected chi connectivity index (χ4v) is 1.21. The summed E-state index contributed by atoms with van der Waals surface area (Å²) >= 11 is 4.24. The van der Waals surface area contributed by atoms with E-state index in [1.807, 2.05) is 0 Å². The zero-order valence-corrected chi connectivity index (χ0v) is 12.7. The van der Waals surface area contributed by atoms with Crippen molar-refractivity contribution in [3.63, 3.8) is 0 Å². The maximum atomic E-state index is 2.27. The summed E-state index contributed by atoms with van der Waals surface area (Å²) in [5.74, 6) is 0. The van der Waals surface area contributed by atoms with Gasteiger partial charge in [0.1, 0.15) is 0 Å². The predicted octanol–water partition coefficient (Wildman–Crippen LogP) is 5.92. The molecule has 0 atom stereocenters. The summed E-state index contributed by atoms with van der Waals surface area (Å²) in [5.41, 5.74) is 0. The Bertz CT molecular complexity index is 47.8. The van der Waals surface area contributed by atoms with Gasteiger partial charge < -0.3 is 0 Å². The molecule has 0 bridgehead atoms. The molecule has 0 N–H and O–H groups in total. The summed E-state index contributed by atoms with van der Waals surface area (Å²) in [6, 6.07) is 0. The van der Waals surface area contributed by atoms with Gasteiger partial charge in [-0.3, -0.25) is 0 Å². The minimum atomic E-state index is 1.37. The first-order valence-corrected chi connectivity index (χ1v) is 11.3. The van der Waals surface area contributed by atoms with Crippen LogP contribution in [0, 0.1) is 0 Å². The molecule has 0 saturated heterocycles. The maximum Gasteiger partial charge on any atom is 0 e. The highest BCUT2D eigenvalue weighted by Gasteiger charge is 1.87. The van der Waals surface area contributed by atoms with Crippen molar-refractivity contribution in [1.82, 2.24) is 0 Å². The Morgan fingerprint density at radius 2 is 0.833 bits per heavy atom. The molecule has 12 heavy (non-hydrogen) atoms. The van der Waals surface area contributed by atoms with Crippen molar-refractivity contribution in [3.05, 3.63) is 0 Å². The van der Waals surface area contributed by atoms with Gasteiger partial charge in [-0.1, -0.05) is 65.2 Å². The first-order valence-electron chi connectivity index (χ1n) is 5.06. The summed E-state index contributed by atoms with van der Waals surface area (Å²) < 4.78 is 0. The molecule has 0 aromatic rings. The van der Waals surface area contributed by atoms with Crippen molar-refractivity contribution < 1.29 is 0 Å². The van der Waals surface area contributed by atoms with Gasteiger partial charge in [-0.2, -0.15) is 0 Å². The van der Waals surface area contributed by atoms with Gasteiger partial charge in [-0.25, -0.2) is 0 Å². The van der Waals surface area contributed by atoms with E-state index in [4.69, 9.17) is 0 Å². The zero-order valence-electron chi connectivity index (χ0n) is 8.41. The minimum absolute atomic E-state index is 1.37. The van der Waals surface area contributed by atoms with Crippen molar-refractivity contribution in [2.24, 2.45) is 0 Å². The van der Waals surface area contributed by atoms with Crippen molar-refractivity contribution in [1.29, 1.82) is 0 Å². The molecule has 0 aromatic carbocycles. The molecule has 0 aliphatic heterocycles. The van der Waals surface area contributed by atoms with Gasteiger partial charge in [0.15, 0.2) is 0 Å². The highest BCUT2D eigenvalue weighted by atomic mass is 128. The summed E-state index contributed by atoms with van der Waals surface area (Å²) in [4.78, 5) is 0. The third-order valence-electron chi connectivity index (χ3n) is 1.96. The lowest BCUT2D eigenvalue weighted by Crippen LogP contribution is -1.77. The number of rotatable bonds is 7. The van der Waals surface area contributed by atoms with Crippen LogP contribution in [0.3, 0.4) is 0 Å². The average Bonchev–Trinajstić information content (AvgIpc) is 2.15. The lowest BCUT2D eigenvalue weighted by Gasteiger charge is -1.97. The molecule has 0 spiro atoms. The van der Waals surface area contributed by atoms with Crippen LogP contribution in [0.15, 0.2) is 0 Å². The molecular weight excluding hydrogens is 374 g/mol. The first kappa shape index (κ1) is 15.9. The number of halogens is 2. The molecule has 0 saturated carbocycles. The molecule has 0 rings (SSSR count). The third kappa shape index (κ3) is 17.5. The zero-order chi connectivity index (χ0) is 9.66. The Kier molecular flexibility index (Phi) is 24.2.